The molecule has 0 saturated carbocycles. The van der Waals surface area contributed by atoms with Gasteiger partial charge in [-0.25, -0.2) is 9.97 Å². The van der Waals surface area contributed by atoms with Crippen LogP contribution in [-0.2, 0) is 0 Å². The van der Waals surface area contributed by atoms with E-state index in [4.69, 9.17) is 0 Å². The van der Waals surface area contributed by atoms with Gasteiger partial charge >= 0.3 is 0 Å². The standard InChI is InChI=1S/C11H15N3O/c1-9-4-2-3-7-14(9)11(15)10-5-6-12-8-13-10/h5-6,8-9H,2-4,7H2,1H3/t9-/m0/s1. The molecule has 2 rings (SSSR count). The first-order chi connectivity index (χ1) is 7.29. The topological polar surface area (TPSA) is 46.1 Å². The summed E-state index contributed by atoms with van der Waals surface area (Å²) in [6.07, 6.45) is 6.43. The lowest BCUT2D eigenvalue weighted by Crippen LogP contribution is -2.42. The maximum absolute atomic E-state index is 12.0. The van der Waals surface area contributed by atoms with Gasteiger partial charge in [0.15, 0.2) is 0 Å². The third-order valence-electron chi connectivity index (χ3n) is 2.86. The van der Waals surface area contributed by atoms with Crippen molar-refractivity contribution in [3.8, 4) is 0 Å². The van der Waals surface area contributed by atoms with Crippen LogP contribution in [0.4, 0.5) is 0 Å². The first-order valence-corrected chi connectivity index (χ1v) is 5.36. The Labute approximate surface area is 89.3 Å². The number of piperidine rings is 1. The second-order valence-electron chi connectivity index (χ2n) is 3.94. The lowest BCUT2D eigenvalue weighted by Gasteiger charge is -2.33. The van der Waals surface area contributed by atoms with Crippen molar-refractivity contribution in [1.82, 2.24) is 14.9 Å². The summed E-state index contributed by atoms with van der Waals surface area (Å²) in [5.41, 5.74) is 0.499. The zero-order chi connectivity index (χ0) is 10.7. The Morgan fingerprint density at radius 2 is 2.40 bits per heavy atom. The lowest BCUT2D eigenvalue weighted by atomic mass is 10.0. The zero-order valence-corrected chi connectivity index (χ0v) is 8.89. The highest BCUT2D eigenvalue weighted by Crippen LogP contribution is 2.18. The Balaban J connectivity index is 2.13. The normalized spacial score (nSPS) is 21.4. The molecule has 0 aromatic carbocycles. The maximum atomic E-state index is 12.0. The highest BCUT2D eigenvalue weighted by molar-refractivity contribution is 5.92. The van der Waals surface area contributed by atoms with Gasteiger partial charge in [-0.15, -0.1) is 0 Å². The molecule has 0 bridgehead atoms. The fourth-order valence-electron chi connectivity index (χ4n) is 1.96. The molecule has 1 saturated heterocycles. The van der Waals surface area contributed by atoms with Crippen molar-refractivity contribution in [1.29, 1.82) is 0 Å². The Bertz CT molecular complexity index is 339. The minimum Gasteiger partial charge on any atom is -0.335 e. The largest absolute Gasteiger partial charge is 0.335 e. The molecule has 0 N–H and O–H groups in total. The molecule has 0 radical (unpaired) electrons. The van der Waals surface area contributed by atoms with Gasteiger partial charge in [0, 0.05) is 18.8 Å². The molecule has 1 atom stereocenters. The summed E-state index contributed by atoms with van der Waals surface area (Å²) in [7, 11) is 0. The van der Waals surface area contributed by atoms with Crippen molar-refractivity contribution in [2.24, 2.45) is 0 Å². The van der Waals surface area contributed by atoms with E-state index in [0.29, 0.717) is 11.7 Å². The Hall–Kier alpha value is -1.45. The molecule has 0 unspecified atom stereocenters. The third kappa shape index (κ3) is 2.14. The minimum absolute atomic E-state index is 0.0320. The lowest BCUT2D eigenvalue weighted by molar-refractivity contribution is 0.0629. The van der Waals surface area contributed by atoms with Crippen molar-refractivity contribution in [3.05, 3.63) is 24.3 Å². The molecule has 1 amide bonds. The van der Waals surface area contributed by atoms with Gasteiger partial charge < -0.3 is 4.90 Å². The van der Waals surface area contributed by atoms with Crippen molar-refractivity contribution in [3.63, 3.8) is 0 Å². The van der Waals surface area contributed by atoms with Gasteiger partial charge in [-0.1, -0.05) is 0 Å². The summed E-state index contributed by atoms with van der Waals surface area (Å²) >= 11 is 0. The first-order valence-electron chi connectivity index (χ1n) is 5.36. The average Bonchev–Trinajstić information content (AvgIpc) is 2.30. The molecule has 1 aliphatic heterocycles. The van der Waals surface area contributed by atoms with E-state index in [1.165, 1.54) is 12.7 Å². The van der Waals surface area contributed by atoms with Gasteiger partial charge in [0.2, 0.25) is 0 Å². The molecule has 4 heteroatoms. The second-order valence-corrected chi connectivity index (χ2v) is 3.94. The number of carbonyl (C=O) groups excluding carboxylic acids is 1. The third-order valence-corrected chi connectivity index (χ3v) is 2.86. The Morgan fingerprint density at radius 3 is 3.07 bits per heavy atom. The molecule has 0 spiro atoms. The molecule has 1 fully saturated rings. The predicted octanol–water partition coefficient (Wildman–Crippen LogP) is 1.49. The van der Waals surface area contributed by atoms with Crippen molar-refractivity contribution in [2.75, 3.05) is 6.54 Å². The van der Waals surface area contributed by atoms with Gasteiger partial charge in [0.25, 0.3) is 5.91 Å². The molecule has 1 aliphatic rings. The number of amides is 1. The highest BCUT2D eigenvalue weighted by Gasteiger charge is 2.24. The summed E-state index contributed by atoms with van der Waals surface area (Å²) in [6, 6.07) is 2.00. The van der Waals surface area contributed by atoms with Crippen LogP contribution < -0.4 is 0 Å². The minimum atomic E-state index is 0.0320. The highest BCUT2D eigenvalue weighted by atomic mass is 16.2. The summed E-state index contributed by atoms with van der Waals surface area (Å²) in [5, 5.41) is 0. The van der Waals surface area contributed by atoms with Crippen molar-refractivity contribution < 1.29 is 4.79 Å². The van der Waals surface area contributed by atoms with Crippen LogP contribution in [0.15, 0.2) is 18.6 Å². The van der Waals surface area contributed by atoms with Gasteiger partial charge in [-0.2, -0.15) is 0 Å². The fourth-order valence-corrected chi connectivity index (χ4v) is 1.96. The van der Waals surface area contributed by atoms with Crippen LogP contribution in [0.2, 0.25) is 0 Å². The molecule has 1 aromatic heterocycles. The molecule has 0 aliphatic carbocycles. The summed E-state index contributed by atoms with van der Waals surface area (Å²) in [6.45, 7) is 2.95. The van der Waals surface area contributed by atoms with E-state index in [9.17, 15) is 4.79 Å². The van der Waals surface area contributed by atoms with Crippen molar-refractivity contribution >= 4 is 5.91 Å². The average molecular weight is 205 g/mol. The van der Waals surface area contributed by atoms with Crippen LogP contribution in [0.3, 0.4) is 0 Å². The SMILES string of the molecule is C[C@H]1CCCCN1C(=O)c1ccncn1. The van der Waals surface area contributed by atoms with E-state index in [1.807, 2.05) is 4.90 Å². The number of likely N-dealkylation sites (tertiary alicyclic amines) is 1. The van der Waals surface area contributed by atoms with Crippen LogP contribution in [0.1, 0.15) is 36.7 Å². The monoisotopic (exact) mass is 205 g/mol. The summed E-state index contributed by atoms with van der Waals surface area (Å²) in [4.78, 5) is 21.8. The second kappa shape index (κ2) is 4.38. The molecule has 1 aromatic rings. The van der Waals surface area contributed by atoms with Crippen LogP contribution in [0.25, 0.3) is 0 Å². The molecular weight excluding hydrogens is 190 g/mol. The Morgan fingerprint density at radius 1 is 1.53 bits per heavy atom. The maximum Gasteiger partial charge on any atom is 0.272 e. The van der Waals surface area contributed by atoms with Gasteiger partial charge in [0.1, 0.15) is 12.0 Å². The Kier molecular flexibility index (Phi) is 2.94. The quantitative estimate of drug-likeness (QED) is 0.697. The first kappa shape index (κ1) is 10.1. The van der Waals surface area contributed by atoms with E-state index in [1.54, 1.807) is 12.3 Å². The smallest absolute Gasteiger partial charge is 0.272 e. The van der Waals surface area contributed by atoms with E-state index >= 15 is 0 Å². The van der Waals surface area contributed by atoms with E-state index < -0.39 is 0 Å². The van der Waals surface area contributed by atoms with Crippen LogP contribution in [0, 0.1) is 0 Å². The van der Waals surface area contributed by atoms with Gasteiger partial charge in [-0.3, -0.25) is 4.79 Å². The summed E-state index contributed by atoms with van der Waals surface area (Å²) < 4.78 is 0. The number of nitrogens with zero attached hydrogens (tertiary/aromatic N) is 3. The van der Waals surface area contributed by atoms with Crippen LogP contribution in [0.5, 0.6) is 0 Å². The van der Waals surface area contributed by atoms with Crippen molar-refractivity contribution in [2.45, 2.75) is 32.2 Å². The zero-order valence-electron chi connectivity index (χ0n) is 8.89. The fraction of sp³-hybridized carbons (Fsp3) is 0.545. The van der Waals surface area contributed by atoms with Gasteiger partial charge in [0.05, 0.1) is 0 Å². The number of hydrogen-bond donors (Lipinski definition) is 0. The molecule has 15 heavy (non-hydrogen) atoms. The van der Waals surface area contributed by atoms with E-state index in [-0.39, 0.29) is 5.91 Å². The van der Waals surface area contributed by atoms with E-state index in [2.05, 4.69) is 16.9 Å². The number of carbonyl (C=O) groups is 1. The molecular formula is C11H15N3O. The van der Waals surface area contributed by atoms with Crippen LogP contribution in [-0.4, -0.2) is 33.4 Å². The number of hydrogen-bond acceptors (Lipinski definition) is 3. The van der Waals surface area contributed by atoms with Gasteiger partial charge in [-0.05, 0) is 32.3 Å². The molecule has 4 nitrogen and oxygen atoms in total. The van der Waals surface area contributed by atoms with E-state index in [0.717, 1.165) is 19.4 Å². The molecule has 2 heterocycles. The predicted molar refractivity (Wildman–Crippen MR) is 56.4 cm³/mol. The molecule has 80 valence electrons. The number of rotatable bonds is 1. The van der Waals surface area contributed by atoms with Crippen LogP contribution >= 0.6 is 0 Å². The number of aromatic nitrogens is 2. The summed E-state index contributed by atoms with van der Waals surface area (Å²) in [5.74, 6) is 0.0320.